The van der Waals surface area contributed by atoms with Gasteiger partial charge in [-0.25, -0.2) is 0 Å². The van der Waals surface area contributed by atoms with Crippen LogP contribution in [0.4, 0.5) is 5.69 Å². The number of anilines is 1. The summed E-state index contributed by atoms with van der Waals surface area (Å²) in [5, 5.41) is 2.93. The molecule has 0 aromatic heterocycles. The molecule has 1 aromatic rings. The average molecular weight is 292 g/mol. The van der Waals surface area contributed by atoms with Gasteiger partial charge >= 0.3 is 0 Å². The van der Waals surface area contributed by atoms with Gasteiger partial charge in [0, 0.05) is 5.69 Å². The molecule has 0 radical (unpaired) electrons. The summed E-state index contributed by atoms with van der Waals surface area (Å²) in [6.45, 7) is 10.6. The van der Waals surface area contributed by atoms with Gasteiger partial charge in [-0.1, -0.05) is 13.8 Å². The van der Waals surface area contributed by atoms with E-state index in [1.807, 2.05) is 38.1 Å². The first-order valence-corrected chi connectivity index (χ1v) is 7.84. The van der Waals surface area contributed by atoms with Crippen molar-refractivity contribution in [3.8, 4) is 5.75 Å². The second-order valence-corrected chi connectivity index (χ2v) is 5.52. The zero-order chi connectivity index (χ0) is 15.7. The van der Waals surface area contributed by atoms with E-state index in [2.05, 4.69) is 24.1 Å². The second-order valence-electron chi connectivity index (χ2n) is 5.52. The van der Waals surface area contributed by atoms with Crippen molar-refractivity contribution in [2.75, 3.05) is 25.0 Å². The van der Waals surface area contributed by atoms with Gasteiger partial charge in [-0.05, 0) is 64.0 Å². The normalized spacial score (nSPS) is 11.0. The van der Waals surface area contributed by atoms with Gasteiger partial charge in [0.2, 0.25) is 5.91 Å². The van der Waals surface area contributed by atoms with Crippen LogP contribution >= 0.6 is 0 Å². The van der Waals surface area contributed by atoms with E-state index >= 15 is 0 Å². The Morgan fingerprint density at radius 1 is 1.14 bits per heavy atom. The van der Waals surface area contributed by atoms with E-state index < -0.39 is 0 Å². The molecule has 0 atom stereocenters. The van der Waals surface area contributed by atoms with Gasteiger partial charge < -0.3 is 10.1 Å². The molecule has 0 aliphatic heterocycles. The van der Waals surface area contributed by atoms with Gasteiger partial charge in [0.15, 0.2) is 0 Å². The van der Waals surface area contributed by atoms with Gasteiger partial charge in [-0.15, -0.1) is 0 Å². The third kappa shape index (κ3) is 7.14. The maximum Gasteiger partial charge on any atom is 0.238 e. The highest BCUT2D eigenvalue weighted by molar-refractivity contribution is 5.92. The highest BCUT2D eigenvalue weighted by Gasteiger charge is 2.09. The summed E-state index contributed by atoms with van der Waals surface area (Å²) in [5.74, 6) is 0.857. The molecule has 1 rings (SSSR count). The minimum absolute atomic E-state index is 0.0365. The highest BCUT2D eigenvalue weighted by atomic mass is 16.5. The maximum atomic E-state index is 12.1. The maximum absolute atomic E-state index is 12.1. The van der Waals surface area contributed by atoms with Gasteiger partial charge in [0.1, 0.15) is 5.75 Å². The van der Waals surface area contributed by atoms with Gasteiger partial charge in [0.05, 0.1) is 12.6 Å². The molecule has 0 heterocycles. The highest BCUT2D eigenvalue weighted by Crippen LogP contribution is 2.16. The molecule has 0 spiro atoms. The molecule has 0 aliphatic carbocycles. The third-order valence-corrected chi connectivity index (χ3v) is 2.96. The molecule has 0 fully saturated rings. The Hall–Kier alpha value is -1.55. The topological polar surface area (TPSA) is 41.6 Å². The number of carbonyl (C=O) groups is 1. The van der Waals surface area contributed by atoms with Gasteiger partial charge in [0.25, 0.3) is 0 Å². The lowest BCUT2D eigenvalue weighted by molar-refractivity contribution is -0.117. The van der Waals surface area contributed by atoms with Crippen molar-refractivity contribution in [2.45, 2.75) is 46.6 Å². The number of amides is 1. The Labute approximate surface area is 128 Å². The number of benzene rings is 1. The van der Waals surface area contributed by atoms with Crippen molar-refractivity contribution >= 4 is 11.6 Å². The van der Waals surface area contributed by atoms with E-state index in [0.717, 1.165) is 37.4 Å². The van der Waals surface area contributed by atoms with E-state index in [1.54, 1.807) is 0 Å². The number of nitrogens with zero attached hydrogens (tertiary/aromatic N) is 1. The smallest absolute Gasteiger partial charge is 0.238 e. The van der Waals surface area contributed by atoms with Crippen LogP contribution in [0.2, 0.25) is 0 Å². The van der Waals surface area contributed by atoms with Crippen molar-refractivity contribution in [2.24, 2.45) is 0 Å². The summed E-state index contributed by atoms with van der Waals surface area (Å²) in [4.78, 5) is 14.2. The standard InChI is InChI=1S/C17H28N2O2/c1-5-11-19(12-6-2)13-17(20)18-15-7-9-16(10-8-15)21-14(3)4/h7-10,14H,5-6,11-13H2,1-4H3,(H,18,20). The van der Waals surface area contributed by atoms with E-state index in [0.29, 0.717) is 6.54 Å². The lowest BCUT2D eigenvalue weighted by atomic mass is 10.3. The zero-order valence-electron chi connectivity index (χ0n) is 13.7. The van der Waals surface area contributed by atoms with Crippen LogP contribution < -0.4 is 10.1 Å². The van der Waals surface area contributed by atoms with Crippen molar-refractivity contribution in [1.82, 2.24) is 4.90 Å². The minimum Gasteiger partial charge on any atom is -0.491 e. The van der Waals surface area contributed by atoms with E-state index in [4.69, 9.17) is 4.74 Å². The van der Waals surface area contributed by atoms with Crippen LogP contribution in [0.25, 0.3) is 0 Å². The fourth-order valence-electron chi connectivity index (χ4n) is 2.19. The van der Waals surface area contributed by atoms with Crippen LogP contribution in [0.3, 0.4) is 0 Å². The number of hydrogen-bond donors (Lipinski definition) is 1. The van der Waals surface area contributed by atoms with Crippen molar-refractivity contribution < 1.29 is 9.53 Å². The molecule has 0 unspecified atom stereocenters. The molecule has 21 heavy (non-hydrogen) atoms. The van der Waals surface area contributed by atoms with E-state index in [-0.39, 0.29) is 12.0 Å². The van der Waals surface area contributed by atoms with Gasteiger partial charge in [-0.3, -0.25) is 9.69 Å². The Morgan fingerprint density at radius 3 is 2.19 bits per heavy atom. The molecule has 1 amide bonds. The predicted octanol–water partition coefficient (Wildman–Crippen LogP) is 3.53. The molecule has 118 valence electrons. The Morgan fingerprint density at radius 2 is 1.71 bits per heavy atom. The summed E-state index contributed by atoms with van der Waals surface area (Å²) in [6.07, 6.45) is 2.28. The molecule has 0 bridgehead atoms. The monoisotopic (exact) mass is 292 g/mol. The zero-order valence-corrected chi connectivity index (χ0v) is 13.7. The first kappa shape index (κ1) is 17.5. The first-order valence-electron chi connectivity index (χ1n) is 7.84. The van der Waals surface area contributed by atoms with E-state index in [1.165, 1.54) is 0 Å². The Bertz CT molecular complexity index is 409. The number of hydrogen-bond acceptors (Lipinski definition) is 3. The van der Waals surface area contributed by atoms with Crippen LogP contribution in [-0.2, 0) is 4.79 Å². The first-order chi connectivity index (χ1) is 10.0. The number of ether oxygens (including phenoxy) is 1. The third-order valence-electron chi connectivity index (χ3n) is 2.96. The molecule has 0 aliphatic rings. The minimum atomic E-state index is 0.0365. The molecule has 4 heteroatoms. The molecule has 4 nitrogen and oxygen atoms in total. The van der Waals surface area contributed by atoms with Crippen LogP contribution in [-0.4, -0.2) is 36.5 Å². The van der Waals surface area contributed by atoms with Crippen LogP contribution in [0.15, 0.2) is 24.3 Å². The lowest BCUT2D eigenvalue weighted by Gasteiger charge is -2.20. The van der Waals surface area contributed by atoms with Crippen LogP contribution in [0, 0.1) is 0 Å². The Balaban J connectivity index is 2.49. The molecule has 0 saturated heterocycles. The molecular weight excluding hydrogens is 264 g/mol. The fraction of sp³-hybridized carbons (Fsp3) is 0.588. The summed E-state index contributed by atoms with van der Waals surface area (Å²) >= 11 is 0. The predicted molar refractivity (Wildman–Crippen MR) is 87.9 cm³/mol. The number of carbonyl (C=O) groups excluding carboxylic acids is 1. The second kappa shape index (κ2) is 9.40. The van der Waals surface area contributed by atoms with Crippen LogP contribution in [0.5, 0.6) is 5.75 Å². The van der Waals surface area contributed by atoms with Crippen molar-refractivity contribution in [1.29, 1.82) is 0 Å². The SMILES string of the molecule is CCCN(CCC)CC(=O)Nc1ccc(OC(C)C)cc1. The summed E-state index contributed by atoms with van der Waals surface area (Å²) in [5.41, 5.74) is 0.809. The van der Waals surface area contributed by atoms with Gasteiger partial charge in [-0.2, -0.15) is 0 Å². The van der Waals surface area contributed by atoms with E-state index in [9.17, 15) is 4.79 Å². The quantitative estimate of drug-likeness (QED) is 0.757. The molecular formula is C17H28N2O2. The summed E-state index contributed by atoms with van der Waals surface area (Å²) in [6, 6.07) is 7.51. The average Bonchev–Trinajstić information content (AvgIpc) is 2.41. The largest absolute Gasteiger partial charge is 0.491 e. The van der Waals surface area contributed by atoms with Crippen LogP contribution in [0.1, 0.15) is 40.5 Å². The molecule has 1 aromatic carbocycles. The molecule has 1 N–H and O–H groups in total. The summed E-state index contributed by atoms with van der Waals surface area (Å²) < 4.78 is 5.58. The van der Waals surface area contributed by atoms with Crippen molar-refractivity contribution in [3.05, 3.63) is 24.3 Å². The molecule has 0 saturated carbocycles. The lowest BCUT2D eigenvalue weighted by Crippen LogP contribution is -2.34. The fourth-order valence-corrected chi connectivity index (χ4v) is 2.19. The van der Waals surface area contributed by atoms with Crippen molar-refractivity contribution in [3.63, 3.8) is 0 Å². The Kier molecular flexibility index (Phi) is 7.83. The summed E-state index contributed by atoms with van der Waals surface area (Å²) in [7, 11) is 0. The number of rotatable bonds is 9. The number of nitrogens with one attached hydrogen (secondary N) is 1.